The molecule has 0 fully saturated rings. The number of nitrogens with zero attached hydrogens (tertiary/aromatic N) is 1. The summed E-state index contributed by atoms with van der Waals surface area (Å²) in [5, 5.41) is 5.40. The highest BCUT2D eigenvalue weighted by molar-refractivity contribution is 7.26. The highest BCUT2D eigenvalue weighted by Crippen LogP contribution is 2.44. The van der Waals surface area contributed by atoms with E-state index >= 15 is 0 Å². The molecule has 0 spiro atoms. The van der Waals surface area contributed by atoms with Crippen LogP contribution in [0, 0.1) is 27.7 Å². The molecule has 0 saturated carbocycles. The smallest absolute Gasteiger partial charge is 0.0503 e. The zero-order valence-corrected chi connectivity index (χ0v) is 23.0. The Morgan fingerprint density at radius 1 is 0.529 bits per heavy atom. The van der Waals surface area contributed by atoms with Crippen LogP contribution in [0.5, 0.6) is 0 Å². The van der Waals surface area contributed by atoms with Gasteiger partial charge in [-0.25, -0.2) is 0 Å². The Kier molecular flexibility index (Phi) is 4.47. The van der Waals surface area contributed by atoms with E-state index in [9.17, 15) is 0 Å². The van der Waals surface area contributed by atoms with Crippen LogP contribution >= 0.6 is 45.3 Å². The lowest BCUT2D eigenvalue weighted by Crippen LogP contribution is -1.85. The third-order valence-electron chi connectivity index (χ3n) is 6.81. The van der Waals surface area contributed by atoms with Gasteiger partial charge in [0.2, 0.25) is 0 Å². The molecular weight excluding hydrogens is 491 g/mol. The summed E-state index contributed by atoms with van der Waals surface area (Å²) in [6.45, 7) is 8.86. The second-order valence-corrected chi connectivity index (χ2v) is 14.0. The number of rotatable bonds is 2. The van der Waals surface area contributed by atoms with Crippen molar-refractivity contribution >= 4 is 87.3 Å². The maximum Gasteiger partial charge on any atom is 0.0503 e. The molecule has 1 nitrogen and oxygen atoms in total. The van der Waals surface area contributed by atoms with E-state index in [0.717, 1.165) is 0 Å². The van der Waals surface area contributed by atoms with Gasteiger partial charge in [-0.2, -0.15) is 0 Å². The van der Waals surface area contributed by atoms with Crippen molar-refractivity contribution in [2.24, 2.45) is 7.05 Å². The molecule has 0 aliphatic rings. The number of hydrogen-bond acceptors (Lipinski definition) is 4. The molecule has 0 saturated heterocycles. The van der Waals surface area contributed by atoms with E-state index in [2.05, 4.69) is 87.8 Å². The minimum absolute atomic E-state index is 1.32. The largest absolute Gasteiger partial charge is 0.344 e. The Hall–Kier alpha value is -2.44. The quantitative estimate of drug-likeness (QED) is 0.217. The summed E-state index contributed by atoms with van der Waals surface area (Å²) in [5.74, 6) is 0. The first kappa shape index (κ1) is 20.9. The highest BCUT2D eigenvalue weighted by Gasteiger charge is 2.16. The summed E-state index contributed by atoms with van der Waals surface area (Å²) in [5.41, 5.74) is 5.40. The maximum atomic E-state index is 2.41. The fourth-order valence-electron chi connectivity index (χ4n) is 5.26. The van der Waals surface area contributed by atoms with Gasteiger partial charge in [0.05, 0.1) is 11.0 Å². The minimum atomic E-state index is 1.32. The van der Waals surface area contributed by atoms with E-state index < -0.39 is 0 Å². The summed E-state index contributed by atoms with van der Waals surface area (Å²) >= 11 is 7.65. The van der Waals surface area contributed by atoms with Crippen molar-refractivity contribution in [1.82, 2.24) is 4.57 Å². The predicted octanol–water partition coefficient (Wildman–Crippen LogP) is 10.5. The molecule has 7 aromatic rings. The molecule has 5 heteroatoms. The molecule has 168 valence electrons. The fraction of sp³-hybridized carbons (Fsp3) is 0.172. The zero-order valence-electron chi connectivity index (χ0n) is 19.7. The van der Waals surface area contributed by atoms with Crippen LogP contribution in [-0.4, -0.2) is 4.57 Å². The summed E-state index contributed by atoms with van der Waals surface area (Å²) in [7, 11) is 2.21. The van der Waals surface area contributed by atoms with E-state index in [1.54, 1.807) is 0 Å². The third-order valence-corrected chi connectivity index (χ3v) is 11.7. The second kappa shape index (κ2) is 7.28. The van der Waals surface area contributed by atoms with Crippen molar-refractivity contribution in [2.75, 3.05) is 0 Å². The Morgan fingerprint density at radius 2 is 0.971 bits per heavy atom. The zero-order chi connectivity index (χ0) is 23.3. The van der Waals surface area contributed by atoms with Gasteiger partial charge in [0, 0.05) is 56.5 Å². The highest BCUT2D eigenvalue weighted by atomic mass is 32.1. The van der Waals surface area contributed by atoms with Crippen LogP contribution in [0.1, 0.15) is 20.9 Å². The average Bonchev–Trinajstić information content (AvgIpc) is 3.58. The van der Waals surface area contributed by atoms with E-state index in [1.807, 2.05) is 45.3 Å². The summed E-state index contributed by atoms with van der Waals surface area (Å²) in [6, 6.07) is 19.0. The Morgan fingerprint density at radius 3 is 1.35 bits per heavy atom. The predicted molar refractivity (Wildman–Crippen MR) is 157 cm³/mol. The van der Waals surface area contributed by atoms with Crippen molar-refractivity contribution in [1.29, 1.82) is 0 Å². The van der Waals surface area contributed by atoms with Crippen molar-refractivity contribution in [3.05, 3.63) is 69.4 Å². The van der Waals surface area contributed by atoms with E-state index in [-0.39, 0.29) is 0 Å². The van der Waals surface area contributed by atoms with Gasteiger partial charge in [-0.3, -0.25) is 0 Å². The Labute approximate surface area is 214 Å². The number of fused-ring (bicyclic) bond motifs is 5. The lowest BCUT2D eigenvalue weighted by atomic mass is 10.1. The molecule has 0 unspecified atom stereocenters. The van der Waals surface area contributed by atoms with Crippen LogP contribution < -0.4 is 0 Å². The molecular formula is C29H23NS4. The molecule has 0 atom stereocenters. The van der Waals surface area contributed by atoms with Gasteiger partial charge >= 0.3 is 0 Å². The van der Waals surface area contributed by atoms with E-state index in [0.29, 0.717) is 0 Å². The SMILES string of the molecule is Cc1cc(C)c(-c2cc3cc4c5cc6cc(-c7sc(C)cc7C)sc6cc5n(C)c4cc3s2)s1. The number of aromatic nitrogens is 1. The van der Waals surface area contributed by atoms with Crippen LogP contribution in [-0.2, 0) is 7.05 Å². The molecule has 34 heavy (non-hydrogen) atoms. The maximum absolute atomic E-state index is 2.41. The third kappa shape index (κ3) is 3.01. The molecule has 7 rings (SSSR count). The number of aryl methyl sites for hydroxylation is 5. The van der Waals surface area contributed by atoms with Gasteiger partial charge in [-0.15, -0.1) is 45.3 Å². The van der Waals surface area contributed by atoms with Gasteiger partial charge in [-0.05, 0) is 98.1 Å². The average molecular weight is 514 g/mol. The fourth-order valence-corrected chi connectivity index (χ4v) is 9.80. The topological polar surface area (TPSA) is 4.93 Å². The van der Waals surface area contributed by atoms with Crippen LogP contribution in [0.4, 0.5) is 0 Å². The number of thiophene rings is 4. The van der Waals surface area contributed by atoms with E-state index in [4.69, 9.17) is 0 Å². The van der Waals surface area contributed by atoms with Crippen molar-refractivity contribution in [3.63, 3.8) is 0 Å². The molecule has 0 radical (unpaired) electrons. The number of hydrogen-bond donors (Lipinski definition) is 0. The molecule has 0 amide bonds. The molecule has 2 aromatic carbocycles. The Bertz CT molecular complexity index is 1780. The van der Waals surface area contributed by atoms with Gasteiger partial charge in [0.15, 0.2) is 0 Å². The van der Waals surface area contributed by atoms with Gasteiger partial charge in [-0.1, -0.05) is 0 Å². The van der Waals surface area contributed by atoms with Gasteiger partial charge in [0.1, 0.15) is 0 Å². The molecule has 5 heterocycles. The van der Waals surface area contributed by atoms with Gasteiger partial charge < -0.3 is 4.57 Å². The monoisotopic (exact) mass is 513 g/mol. The summed E-state index contributed by atoms with van der Waals surface area (Å²) < 4.78 is 5.11. The molecule has 0 aliphatic carbocycles. The first-order valence-electron chi connectivity index (χ1n) is 11.4. The van der Waals surface area contributed by atoms with Crippen molar-refractivity contribution in [3.8, 4) is 19.5 Å². The second-order valence-electron chi connectivity index (χ2n) is 9.33. The van der Waals surface area contributed by atoms with Crippen LogP contribution in [0.2, 0.25) is 0 Å². The minimum Gasteiger partial charge on any atom is -0.344 e. The van der Waals surface area contributed by atoms with Crippen LogP contribution in [0.15, 0.2) is 48.5 Å². The van der Waals surface area contributed by atoms with Gasteiger partial charge in [0.25, 0.3) is 0 Å². The van der Waals surface area contributed by atoms with Crippen molar-refractivity contribution in [2.45, 2.75) is 27.7 Å². The molecule has 0 aliphatic heterocycles. The van der Waals surface area contributed by atoms with Crippen molar-refractivity contribution < 1.29 is 0 Å². The number of benzene rings is 2. The van der Waals surface area contributed by atoms with E-state index in [1.165, 1.54) is 82.4 Å². The first-order chi connectivity index (χ1) is 16.4. The van der Waals surface area contributed by atoms with Crippen LogP contribution in [0.25, 0.3) is 61.5 Å². The molecule has 0 bridgehead atoms. The normalized spacial score (nSPS) is 12.3. The van der Waals surface area contributed by atoms with Crippen LogP contribution in [0.3, 0.4) is 0 Å². The Balaban J connectivity index is 1.44. The molecule has 0 N–H and O–H groups in total. The summed E-state index contributed by atoms with van der Waals surface area (Å²) in [4.78, 5) is 8.37. The standard InChI is InChI=1S/C29H23NS4/c1-14-6-16(3)31-28(14)26-10-18-8-20-21-9-19-11-27(29-15(2)7-17(4)32-29)34-25(19)13-23(21)30(5)22(20)12-24(18)33-26/h6-13H,1-5H3. The first-order valence-corrected chi connectivity index (χ1v) is 14.7. The summed E-state index contributed by atoms with van der Waals surface area (Å²) in [6.07, 6.45) is 0. The molecule has 5 aromatic heterocycles. The lowest BCUT2D eigenvalue weighted by molar-refractivity contribution is 1.02. The lowest BCUT2D eigenvalue weighted by Gasteiger charge is -1.98.